The van der Waals surface area contributed by atoms with E-state index >= 15 is 0 Å². The van der Waals surface area contributed by atoms with Gasteiger partial charge in [0.15, 0.2) is 0 Å². The lowest BCUT2D eigenvalue weighted by atomic mass is 10.0. The number of hydrogen-bond acceptors (Lipinski definition) is 5. The molecule has 2 heterocycles. The Bertz CT molecular complexity index is 631. The molecule has 1 atom stereocenters. The molecule has 7 nitrogen and oxygen atoms in total. The van der Waals surface area contributed by atoms with Gasteiger partial charge in [0.1, 0.15) is 12.4 Å². The molecule has 0 spiro atoms. The number of ether oxygens (including phenoxy) is 1. The van der Waals surface area contributed by atoms with E-state index in [2.05, 4.69) is 10.6 Å². The molecule has 2 aliphatic heterocycles. The number of piperidine rings is 2. The second-order valence-corrected chi connectivity index (χ2v) is 6.82. The Morgan fingerprint density at radius 1 is 1.15 bits per heavy atom. The molecule has 2 amide bonds. The first-order valence-electron chi connectivity index (χ1n) is 9.13. The Kier molecular flexibility index (Phi) is 6.22. The summed E-state index contributed by atoms with van der Waals surface area (Å²) in [6, 6.07) is 9.35. The molecule has 0 saturated carbocycles. The van der Waals surface area contributed by atoms with E-state index in [1.807, 2.05) is 30.3 Å². The van der Waals surface area contributed by atoms with Crippen molar-refractivity contribution in [2.45, 2.75) is 44.4 Å². The van der Waals surface area contributed by atoms with E-state index in [1.54, 1.807) is 4.90 Å². The van der Waals surface area contributed by atoms with Crippen molar-refractivity contribution in [3.63, 3.8) is 0 Å². The highest BCUT2D eigenvalue weighted by atomic mass is 16.6. The van der Waals surface area contributed by atoms with Crippen molar-refractivity contribution in [3.8, 4) is 0 Å². The minimum absolute atomic E-state index is 0.0531. The minimum Gasteiger partial charge on any atom is -0.445 e. The van der Waals surface area contributed by atoms with Crippen molar-refractivity contribution in [3.05, 3.63) is 35.9 Å². The summed E-state index contributed by atoms with van der Waals surface area (Å²) in [7, 11) is 0. The molecule has 3 rings (SSSR count). The molecule has 1 aromatic carbocycles. The molecule has 0 aliphatic carbocycles. The van der Waals surface area contributed by atoms with Crippen LogP contribution >= 0.6 is 0 Å². The Morgan fingerprint density at radius 3 is 2.54 bits per heavy atom. The fourth-order valence-electron chi connectivity index (χ4n) is 3.28. The fraction of sp³-hybridized carbons (Fsp3) is 0.526. The lowest BCUT2D eigenvalue weighted by molar-refractivity contribution is -0.126. The molecule has 2 fully saturated rings. The van der Waals surface area contributed by atoms with Gasteiger partial charge in [0.25, 0.3) is 0 Å². The Hall–Kier alpha value is -2.41. The van der Waals surface area contributed by atoms with E-state index in [-0.39, 0.29) is 43.0 Å². The van der Waals surface area contributed by atoms with Crippen LogP contribution in [0, 0.1) is 0 Å². The van der Waals surface area contributed by atoms with Gasteiger partial charge in [-0.2, -0.15) is 0 Å². The van der Waals surface area contributed by atoms with E-state index < -0.39 is 0 Å². The number of nitrogens with one attached hydrogen (secondary N) is 2. The van der Waals surface area contributed by atoms with Gasteiger partial charge in [0, 0.05) is 25.6 Å². The maximum atomic E-state index is 12.3. The third-order valence-corrected chi connectivity index (χ3v) is 4.88. The molecule has 2 N–H and O–H groups in total. The number of likely N-dealkylation sites (tertiary alicyclic amines) is 1. The van der Waals surface area contributed by atoms with Gasteiger partial charge in [-0.25, -0.2) is 4.79 Å². The van der Waals surface area contributed by atoms with Gasteiger partial charge in [0.2, 0.25) is 5.91 Å². The summed E-state index contributed by atoms with van der Waals surface area (Å²) in [5.41, 5.74) is 0.960. The molecule has 0 radical (unpaired) electrons. The van der Waals surface area contributed by atoms with Crippen molar-refractivity contribution < 1.29 is 19.1 Å². The quantitative estimate of drug-likeness (QED) is 0.844. The Balaban J connectivity index is 1.37. The molecule has 0 bridgehead atoms. The molecule has 0 aromatic heterocycles. The van der Waals surface area contributed by atoms with E-state index in [0.717, 1.165) is 5.56 Å². The van der Waals surface area contributed by atoms with Crippen LogP contribution in [0.3, 0.4) is 0 Å². The number of carbonyl (C=O) groups is 3. The van der Waals surface area contributed by atoms with Crippen LogP contribution in [0.25, 0.3) is 0 Å². The zero-order valence-electron chi connectivity index (χ0n) is 14.8. The van der Waals surface area contributed by atoms with Gasteiger partial charge >= 0.3 is 6.09 Å². The van der Waals surface area contributed by atoms with E-state index in [4.69, 9.17) is 4.74 Å². The number of benzene rings is 1. The Labute approximate surface area is 153 Å². The SMILES string of the molecule is O=C1CC[C@@H](C(=O)NC2CCN(C(=O)OCc3ccccc3)CC2)NC1. The highest BCUT2D eigenvalue weighted by Crippen LogP contribution is 2.14. The molecular weight excluding hydrogens is 334 g/mol. The molecule has 26 heavy (non-hydrogen) atoms. The number of rotatable bonds is 4. The van der Waals surface area contributed by atoms with Crippen LogP contribution in [-0.2, 0) is 20.9 Å². The van der Waals surface area contributed by atoms with Gasteiger partial charge in [-0.3, -0.25) is 14.9 Å². The molecule has 0 unspecified atom stereocenters. The van der Waals surface area contributed by atoms with Gasteiger partial charge in [-0.05, 0) is 24.8 Å². The number of ketones is 1. The monoisotopic (exact) mass is 359 g/mol. The lowest BCUT2D eigenvalue weighted by Crippen LogP contribution is -2.53. The number of Topliss-reactive ketones (excluding diaryl/α,β-unsaturated/α-hetero) is 1. The van der Waals surface area contributed by atoms with Crippen molar-refractivity contribution in [2.24, 2.45) is 0 Å². The third-order valence-electron chi connectivity index (χ3n) is 4.88. The average molecular weight is 359 g/mol. The Morgan fingerprint density at radius 2 is 1.88 bits per heavy atom. The summed E-state index contributed by atoms with van der Waals surface area (Å²) < 4.78 is 5.35. The number of carbonyl (C=O) groups excluding carboxylic acids is 3. The summed E-state index contributed by atoms with van der Waals surface area (Å²) in [5.74, 6) is 0.0963. The zero-order valence-corrected chi connectivity index (χ0v) is 14.8. The van der Waals surface area contributed by atoms with Gasteiger partial charge in [-0.15, -0.1) is 0 Å². The maximum absolute atomic E-state index is 12.3. The summed E-state index contributed by atoms with van der Waals surface area (Å²) in [5, 5.41) is 6.00. The van der Waals surface area contributed by atoms with Gasteiger partial charge < -0.3 is 15.0 Å². The van der Waals surface area contributed by atoms with Crippen molar-refractivity contribution in [1.82, 2.24) is 15.5 Å². The zero-order chi connectivity index (χ0) is 18.4. The topological polar surface area (TPSA) is 87.7 Å². The highest BCUT2D eigenvalue weighted by Gasteiger charge is 2.28. The van der Waals surface area contributed by atoms with Crippen molar-refractivity contribution >= 4 is 17.8 Å². The standard InChI is InChI=1S/C19H25N3O4/c23-16-6-7-17(20-12-16)18(24)21-15-8-10-22(11-9-15)19(25)26-13-14-4-2-1-3-5-14/h1-5,15,17,20H,6-13H2,(H,21,24)/t17-/m0/s1. The van der Waals surface area contributed by atoms with Gasteiger partial charge in [0.05, 0.1) is 12.6 Å². The number of hydrogen-bond donors (Lipinski definition) is 2. The summed E-state index contributed by atoms with van der Waals surface area (Å²) >= 11 is 0. The molecule has 140 valence electrons. The molecule has 2 saturated heterocycles. The molecule has 1 aromatic rings. The van der Waals surface area contributed by atoms with Crippen LogP contribution in [0.5, 0.6) is 0 Å². The average Bonchev–Trinajstić information content (AvgIpc) is 2.68. The van der Waals surface area contributed by atoms with E-state index in [1.165, 1.54) is 0 Å². The van der Waals surface area contributed by atoms with Crippen LogP contribution < -0.4 is 10.6 Å². The molecule has 7 heteroatoms. The predicted octanol–water partition coefficient (Wildman–Crippen LogP) is 1.22. The number of nitrogens with zero attached hydrogens (tertiary/aromatic N) is 1. The summed E-state index contributed by atoms with van der Waals surface area (Å²) in [6.07, 6.45) is 2.10. The van der Waals surface area contributed by atoms with Crippen LogP contribution in [0.2, 0.25) is 0 Å². The van der Waals surface area contributed by atoms with E-state index in [0.29, 0.717) is 38.8 Å². The van der Waals surface area contributed by atoms with E-state index in [9.17, 15) is 14.4 Å². The normalized spacial score (nSPS) is 21.3. The largest absolute Gasteiger partial charge is 0.445 e. The van der Waals surface area contributed by atoms with Crippen LogP contribution in [-0.4, -0.2) is 54.4 Å². The van der Waals surface area contributed by atoms with Crippen LogP contribution in [0.1, 0.15) is 31.2 Å². The highest BCUT2D eigenvalue weighted by molar-refractivity contribution is 5.87. The van der Waals surface area contributed by atoms with Crippen LogP contribution in [0.4, 0.5) is 4.79 Å². The second kappa shape index (κ2) is 8.80. The third kappa shape index (κ3) is 5.05. The van der Waals surface area contributed by atoms with Crippen molar-refractivity contribution in [2.75, 3.05) is 19.6 Å². The lowest BCUT2D eigenvalue weighted by Gasteiger charge is -2.33. The summed E-state index contributed by atoms with van der Waals surface area (Å²) in [6.45, 7) is 1.66. The maximum Gasteiger partial charge on any atom is 0.410 e. The smallest absolute Gasteiger partial charge is 0.410 e. The first-order chi connectivity index (χ1) is 12.6. The predicted molar refractivity (Wildman–Crippen MR) is 95.4 cm³/mol. The first kappa shape index (κ1) is 18.4. The van der Waals surface area contributed by atoms with Crippen LogP contribution in [0.15, 0.2) is 30.3 Å². The minimum atomic E-state index is -0.314. The molecule has 2 aliphatic rings. The first-order valence-corrected chi connectivity index (χ1v) is 9.13. The summed E-state index contributed by atoms with van der Waals surface area (Å²) in [4.78, 5) is 37.3. The van der Waals surface area contributed by atoms with Gasteiger partial charge in [-0.1, -0.05) is 30.3 Å². The van der Waals surface area contributed by atoms with Crippen molar-refractivity contribution in [1.29, 1.82) is 0 Å². The second-order valence-electron chi connectivity index (χ2n) is 6.82. The molecular formula is C19H25N3O4. The number of amides is 2. The fourth-order valence-corrected chi connectivity index (χ4v) is 3.28.